The molecule has 6 aromatic carbocycles. The zero-order valence-electron chi connectivity index (χ0n) is 21.4. The first-order chi connectivity index (χ1) is 19.9. The van der Waals surface area contributed by atoms with E-state index in [2.05, 4.69) is 102 Å². The Morgan fingerprint density at radius 1 is 0.500 bits per heavy atom. The fraction of sp³-hybridized carbons (Fsp3) is 0. The summed E-state index contributed by atoms with van der Waals surface area (Å²) in [5, 5.41) is 7.92. The Bertz CT molecular complexity index is 2430. The summed E-state index contributed by atoms with van der Waals surface area (Å²) in [5.41, 5.74) is 6.63. The molecule has 0 fully saturated rings. The third kappa shape index (κ3) is 2.85. The van der Waals surface area contributed by atoms with Crippen molar-refractivity contribution in [3.05, 3.63) is 127 Å². The molecular formula is C36H21N3O. The summed E-state index contributed by atoms with van der Waals surface area (Å²) in [4.78, 5) is 10.4. The minimum Gasteiger partial charge on any atom is -0.454 e. The Hall–Kier alpha value is -5.48. The normalized spacial score (nSPS) is 12.0. The van der Waals surface area contributed by atoms with Gasteiger partial charge in [-0.3, -0.25) is 4.57 Å². The number of furan rings is 1. The molecule has 4 nitrogen and oxygen atoms in total. The van der Waals surface area contributed by atoms with E-state index in [4.69, 9.17) is 14.4 Å². The fourth-order valence-electron chi connectivity index (χ4n) is 6.31. The highest BCUT2D eigenvalue weighted by Crippen LogP contribution is 2.45. The molecule has 0 atom stereocenters. The molecule has 0 saturated heterocycles. The van der Waals surface area contributed by atoms with Gasteiger partial charge in [0, 0.05) is 32.5 Å². The van der Waals surface area contributed by atoms with E-state index in [0.717, 1.165) is 65.9 Å². The maximum absolute atomic E-state index is 6.69. The van der Waals surface area contributed by atoms with E-state index in [-0.39, 0.29) is 0 Å². The monoisotopic (exact) mass is 511 g/mol. The van der Waals surface area contributed by atoms with Gasteiger partial charge in [-0.25, -0.2) is 9.97 Å². The van der Waals surface area contributed by atoms with Gasteiger partial charge in [0.2, 0.25) is 5.95 Å². The van der Waals surface area contributed by atoms with E-state index in [9.17, 15) is 0 Å². The summed E-state index contributed by atoms with van der Waals surface area (Å²) in [7, 11) is 0. The summed E-state index contributed by atoms with van der Waals surface area (Å²) >= 11 is 0. The first kappa shape index (κ1) is 21.5. The lowest BCUT2D eigenvalue weighted by Gasteiger charge is -2.12. The maximum Gasteiger partial charge on any atom is 0.235 e. The molecule has 40 heavy (non-hydrogen) atoms. The van der Waals surface area contributed by atoms with E-state index >= 15 is 0 Å². The number of hydrogen-bond donors (Lipinski definition) is 0. The minimum atomic E-state index is 0.626. The van der Waals surface area contributed by atoms with Crippen LogP contribution in [0.25, 0.3) is 82.6 Å². The molecule has 0 radical (unpaired) electrons. The Morgan fingerprint density at radius 3 is 1.95 bits per heavy atom. The number of rotatable bonds is 2. The molecular weight excluding hydrogens is 490 g/mol. The van der Waals surface area contributed by atoms with Crippen molar-refractivity contribution in [3.63, 3.8) is 0 Å². The molecule has 0 N–H and O–H groups in total. The molecule has 9 aromatic rings. The molecule has 9 rings (SSSR count). The predicted molar refractivity (Wildman–Crippen MR) is 164 cm³/mol. The lowest BCUT2D eigenvalue weighted by Crippen LogP contribution is -2.03. The Labute approximate surface area is 228 Å². The predicted octanol–water partition coefficient (Wildman–Crippen LogP) is 9.45. The van der Waals surface area contributed by atoms with Gasteiger partial charge >= 0.3 is 0 Å². The smallest absolute Gasteiger partial charge is 0.235 e. The highest BCUT2D eigenvalue weighted by molar-refractivity contribution is 6.34. The van der Waals surface area contributed by atoms with Crippen molar-refractivity contribution in [3.8, 4) is 17.2 Å². The van der Waals surface area contributed by atoms with Gasteiger partial charge in [0.15, 0.2) is 5.58 Å². The van der Waals surface area contributed by atoms with E-state index in [1.807, 2.05) is 30.3 Å². The number of nitrogens with zero attached hydrogens (tertiary/aromatic N) is 3. The molecule has 4 heteroatoms. The maximum atomic E-state index is 6.69. The number of benzene rings is 6. The Morgan fingerprint density at radius 2 is 1.12 bits per heavy atom. The average Bonchev–Trinajstić information content (AvgIpc) is 3.58. The molecule has 3 aromatic heterocycles. The zero-order chi connectivity index (χ0) is 26.2. The lowest BCUT2D eigenvalue weighted by molar-refractivity contribution is 0.671. The fourth-order valence-corrected chi connectivity index (χ4v) is 6.31. The second-order valence-electron chi connectivity index (χ2n) is 10.2. The van der Waals surface area contributed by atoms with Gasteiger partial charge in [-0.2, -0.15) is 0 Å². The second-order valence-corrected chi connectivity index (χ2v) is 10.2. The van der Waals surface area contributed by atoms with Crippen LogP contribution in [-0.4, -0.2) is 14.5 Å². The molecule has 0 spiro atoms. The van der Waals surface area contributed by atoms with Crippen LogP contribution in [-0.2, 0) is 0 Å². The van der Waals surface area contributed by atoms with Gasteiger partial charge < -0.3 is 4.42 Å². The number of fused-ring (bicyclic) bond motifs is 11. The third-order valence-corrected chi connectivity index (χ3v) is 7.99. The first-order valence-electron chi connectivity index (χ1n) is 13.4. The van der Waals surface area contributed by atoms with Crippen molar-refractivity contribution in [2.75, 3.05) is 0 Å². The van der Waals surface area contributed by atoms with Crippen LogP contribution in [0.4, 0.5) is 0 Å². The molecule has 0 unspecified atom stereocenters. The van der Waals surface area contributed by atoms with Gasteiger partial charge in [0.05, 0.1) is 16.7 Å². The van der Waals surface area contributed by atoms with E-state index in [1.165, 1.54) is 10.8 Å². The Balaban J connectivity index is 1.54. The van der Waals surface area contributed by atoms with Gasteiger partial charge in [-0.15, -0.1) is 0 Å². The SMILES string of the molecule is c1ccc(-c2nc(-n3c4ccccc4c4c5ccccc5c5c6ccccc6oc5c43)nc3ccccc23)cc1. The topological polar surface area (TPSA) is 43.9 Å². The van der Waals surface area contributed by atoms with Crippen molar-refractivity contribution in [1.29, 1.82) is 0 Å². The quantitative estimate of drug-likeness (QED) is 0.232. The number of aromatic nitrogens is 3. The number of hydrogen-bond acceptors (Lipinski definition) is 3. The van der Waals surface area contributed by atoms with Crippen LogP contribution in [0.2, 0.25) is 0 Å². The highest BCUT2D eigenvalue weighted by Gasteiger charge is 2.24. The lowest BCUT2D eigenvalue weighted by atomic mass is 9.99. The van der Waals surface area contributed by atoms with Crippen LogP contribution in [0.5, 0.6) is 0 Å². The summed E-state index contributed by atoms with van der Waals surface area (Å²) < 4.78 is 8.89. The summed E-state index contributed by atoms with van der Waals surface area (Å²) in [6, 6.07) is 44.0. The zero-order valence-corrected chi connectivity index (χ0v) is 21.4. The number of para-hydroxylation sites is 3. The van der Waals surface area contributed by atoms with Crippen molar-refractivity contribution in [1.82, 2.24) is 14.5 Å². The molecule has 186 valence electrons. The first-order valence-corrected chi connectivity index (χ1v) is 13.4. The van der Waals surface area contributed by atoms with E-state index in [1.54, 1.807) is 0 Å². The van der Waals surface area contributed by atoms with Gasteiger partial charge in [-0.05, 0) is 29.0 Å². The van der Waals surface area contributed by atoms with Gasteiger partial charge in [0.1, 0.15) is 11.1 Å². The van der Waals surface area contributed by atoms with Crippen molar-refractivity contribution in [2.24, 2.45) is 0 Å². The van der Waals surface area contributed by atoms with Crippen molar-refractivity contribution < 1.29 is 4.42 Å². The van der Waals surface area contributed by atoms with Crippen molar-refractivity contribution >= 4 is 65.4 Å². The molecule has 0 saturated carbocycles. The van der Waals surface area contributed by atoms with Crippen LogP contribution in [0.3, 0.4) is 0 Å². The second kappa shape index (κ2) is 8.01. The van der Waals surface area contributed by atoms with Crippen LogP contribution < -0.4 is 0 Å². The minimum absolute atomic E-state index is 0.626. The van der Waals surface area contributed by atoms with Crippen LogP contribution in [0.15, 0.2) is 132 Å². The standard InChI is InChI=1S/C36H21N3O/c1-2-12-22(13-3-1)33-25-16-6-9-19-28(25)37-36(38-33)39-29-20-10-7-17-26(29)31-23-14-4-5-15-24(23)32-27-18-8-11-21-30(27)40-35(32)34(31)39/h1-21H. The third-order valence-electron chi connectivity index (χ3n) is 7.99. The molecule has 0 aliphatic rings. The summed E-state index contributed by atoms with van der Waals surface area (Å²) in [6.07, 6.45) is 0. The highest BCUT2D eigenvalue weighted by atomic mass is 16.3. The molecule has 0 bridgehead atoms. The van der Waals surface area contributed by atoms with Crippen LogP contribution >= 0.6 is 0 Å². The summed E-state index contributed by atoms with van der Waals surface area (Å²) in [5.74, 6) is 0.626. The summed E-state index contributed by atoms with van der Waals surface area (Å²) in [6.45, 7) is 0. The van der Waals surface area contributed by atoms with Crippen LogP contribution in [0, 0.1) is 0 Å². The molecule has 3 heterocycles. The van der Waals surface area contributed by atoms with E-state index < -0.39 is 0 Å². The molecule has 0 aliphatic carbocycles. The average molecular weight is 512 g/mol. The Kier molecular flexibility index (Phi) is 4.30. The van der Waals surface area contributed by atoms with E-state index in [0.29, 0.717) is 5.95 Å². The van der Waals surface area contributed by atoms with Gasteiger partial charge in [0.25, 0.3) is 0 Å². The van der Waals surface area contributed by atoms with Crippen LogP contribution in [0.1, 0.15) is 0 Å². The molecule has 0 amide bonds. The molecule has 0 aliphatic heterocycles. The largest absolute Gasteiger partial charge is 0.454 e. The van der Waals surface area contributed by atoms with Crippen molar-refractivity contribution in [2.45, 2.75) is 0 Å². The van der Waals surface area contributed by atoms with Gasteiger partial charge in [-0.1, -0.05) is 109 Å².